The summed E-state index contributed by atoms with van der Waals surface area (Å²) in [7, 11) is 0. The van der Waals surface area contributed by atoms with Crippen molar-refractivity contribution in [2.45, 2.75) is 26.1 Å². The Bertz CT molecular complexity index is 1080. The molecule has 0 radical (unpaired) electrons. The fourth-order valence-electron chi connectivity index (χ4n) is 2.97. The fraction of sp³-hybridized carbons (Fsp3) is 0.211. The van der Waals surface area contributed by atoms with E-state index in [1.807, 2.05) is 36.4 Å². The van der Waals surface area contributed by atoms with E-state index in [0.717, 1.165) is 28.8 Å². The van der Waals surface area contributed by atoms with Gasteiger partial charge in [-0.15, -0.1) is 0 Å². The highest BCUT2D eigenvalue weighted by Gasteiger charge is 2.38. The first kappa shape index (κ1) is 17.3. The third kappa shape index (κ3) is 3.30. The summed E-state index contributed by atoms with van der Waals surface area (Å²) in [5.74, 6) is -0.455. The number of imidazole rings is 1. The van der Waals surface area contributed by atoms with Crippen LogP contribution in [-0.4, -0.2) is 19.7 Å². The predicted octanol–water partition coefficient (Wildman–Crippen LogP) is 4.72. The first-order chi connectivity index (χ1) is 13.0. The van der Waals surface area contributed by atoms with Gasteiger partial charge in [-0.05, 0) is 17.7 Å². The Balaban J connectivity index is 1.61. The number of halogens is 3. The fourth-order valence-corrected chi connectivity index (χ4v) is 2.97. The molecule has 5 nitrogen and oxygen atoms in total. The van der Waals surface area contributed by atoms with E-state index in [-0.39, 0.29) is 5.82 Å². The van der Waals surface area contributed by atoms with Crippen molar-refractivity contribution in [1.29, 1.82) is 0 Å². The van der Waals surface area contributed by atoms with Gasteiger partial charge in [0.1, 0.15) is 5.82 Å². The molecule has 0 atom stereocenters. The zero-order chi connectivity index (χ0) is 19.0. The molecule has 4 aromatic rings. The Morgan fingerprint density at radius 3 is 2.41 bits per heavy atom. The number of nitrogens with zero attached hydrogens (tertiary/aromatic N) is 4. The van der Waals surface area contributed by atoms with Gasteiger partial charge in [-0.3, -0.25) is 0 Å². The van der Waals surface area contributed by atoms with Crippen LogP contribution in [-0.2, 0) is 19.1 Å². The summed E-state index contributed by atoms with van der Waals surface area (Å²) in [6.07, 6.45) is -3.85. The normalized spacial score (nSPS) is 12.0. The number of fused-ring (bicyclic) bond motifs is 1. The van der Waals surface area contributed by atoms with Gasteiger partial charge in [0.25, 0.3) is 0 Å². The molecule has 0 aliphatic carbocycles. The lowest BCUT2D eigenvalue weighted by Gasteiger charge is -2.08. The Hall–Kier alpha value is -3.16. The highest BCUT2D eigenvalue weighted by atomic mass is 19.4. The van der Waals surface area contributed by atoms with Gasteiger partial charge in [-0.25, -0.2) is 4.98 Å². The number of hydrogen-bond donors (Lipinski definition) is 0. The van der Waals surface area contributed by atoms with E-state index in [9.17, 15) is 13.2 Å². The molecule has 2 heterocycles. The monoisotopic (exact) mass is 372 g/mol. The molecule has 0 saturated heterocycles. The van der Waals surface area contributed by atoms with Crippen LogP contribution in [0.25, 0.3) is 22.4 Å². The van der Waals surface area contributed by atoms with Crippen LogP contribution in [0, 0.1) is 0 Å². The second kappa shape index (κ2) is 6.53. The Kier molecular flexibility index (Phi) is 4.18. The number of benzene rings is 2. The van der Waals surface area contributed by atoms with E-state index in [0.29, 0.717) is 12.1 Å². The zero-order valence-corrected chi connectivity index (χ0v) is 14.4. The zero-order valence-electron chi connectivity index (χ0n) is 14.4. The van der Waals surface area contributed by atoms with Crippen LogP contribution in [0.15, 0.2) is 53.1 Å². The lowest BCUT2D eigenvalue weighted by molar-refractivity contribution is -0.159. The number of aryl methyl sites for hydroxylation is 1. The molecule has 0 amide bonds. The Morgan fingerprint density at radius 1 is 1.00 bits per heavy atom. The van der Waals surface area contributed by atoms with Crippen molar-refractivity contribution in [1.82, 2.24) is 19.7 Å². The average molecular weight is 372 g/mol. The molecule has 0 fully saturated rings. The van der Waals surface area contributed by atoms with Gasteiger partial charge in [0.2, 0.25) is 5.82 Å². The van der Waals surface area contributed by atoms with Crippen LogP contribution in [0.5, 0.6) is 0 Å². The molecule has 4 rings (SSSR count). The van der Waals surface area contributed by atoms with Crippen molar-refractivity contribution in [3.05, 3.63) is 65.8 Å². The standard InChI is InChI=1S/C19H15F3N4O/c1-2-16-23-14-5-3-4-6-15(14)26(16)11-12-7-9-13(10-8-12)17-24-18(27-25-17)19(20,21)22/h3-10H,2,11H2,1H3. The van der Waals surface area contributed by atoms with E-state index in [1.165, 1.54) is 0 Å². The minimum absolute atomic E-state index is 0.0868. The summed E-state index contributed by atoms with van der Waals surface area (Å²) in [5.41, 5.74) is 3.45. The van der Waals surface area contributed by atoms with E-state index in [1.54, 1.807) is 12.1 Å². The average Bonchev–Trinajstić information content (AvgIpc) is 3.28. The van der Waals surface area contributed by atoms with Gasteiger partial charge in [0, 0.05) is 18.5 Å². The maximum absolute atomic E-state index is 12.6. The summed E-state index contributed by atoms with van der Waals surface area (Å²) in [6, 6.07) is 15.0. The molecular formula is C19H15F3N4O. The van der Waals surface area contributed by atoms with Crippen molar-refractivity contribution < 1.29 is 17.7 Å². The third-order valence-electron chi connectivity index (χ3n) is 4.27. The highest BCUT2D eigenvalue weighted by molar-refractivity contribution is 5.76. The number of rotatable bonds is 4. The highest BCUT2D eigenvalue weighted by Crippen LogP contribution is 2.29. The number of alkyl halides is 3. The van der Waals surface area contributed by atoms with E-state index in [4.69, 9.17) is 0 Å². The van der Waals surface area contributed by atoms with Gasteiger partial charge < -0.3 is 9.09 Å². The van der Waals surface area contributed by atoms with Crippen molar-refractivity contribution in [2.75, 3.05) is 0 Å². The number of para-hydroxylation sites is 2. The summed E-state index contributed by atoms with van der Waals surface area (Å²) in [4.78, 5) is 8.05. The summed E-state index contributed by atoms with van der Waals surface area (Å²) < 4.78 is 44.2. The van der Waals surface area contributed by atoms with Gasteiger partial charge in [0.05, 0.1) is 11.0 Å². The first-order valence-corrected chi connectivity index (χ1v) is 8.40. The van der Waals surface area contributed by atoms with Gasteiger partial charge in [0.15, 0.2) is 0 Å². The summed E-state index contributed by atoms with van der Waals surface area (Å²) >= 11 is 0. The summed E-state index contributed by atoms with van der Waals surface area (Å²) in [5, 5.41) is 3.41. The minimum atomic E-state index is -4.65. The molecule has 2 aromatic carbocycles. The van der Waals surface area contributed by atoms with Gasteiger partial charge in [-0.1, -0.05) is 48.5 Å². The van der Waals surface area contributed by atoms with E-state index >= 15 is 0 Å². The lowest BCUT2D eigenvalue weighted by Crippen LogP contribution is -2.05. The Labute approximate surface area is 152 Å². The topological polar surface area (TPSA) is 56.7 Å². The molecule has 27 heavy (non-hydrogen) atoms. The third-order valence-corrected chi connectivity index (χ3v) is 4.27. The van der Waals surface area contributed by atoms with Crippen molar-refractivity contribution in [2.24, 2.45) is 0 Å². The van der Waals surface area contributed by atoms with Crippen LogP contribution in [0.2, 0.25) is 0 Å². The molecule has 138 valence electrons. The summed E-state index contributed by atoms with van der Waals surface area (Å²) in [6.45, 7) is 2.67. The maximum atomic E-state index is 12.6. The molecule has 0 aliphatic rings. The SMILES string of the molecule is CCc1nc2ccccc2n1Cc1ccc(-c2noc(C(F)(F)F)n2)cc1. The predicted molar refractivity (Wildman–Crippen MR) is 92.9 cm³/mol. The molecule has 2 aromatic heterocycles. The molecule has 0 N–H and O–H groups in total. The first-order valence-electron chi connectivity index (χ1n) is 8.40. The van der Waals surface area contributed by atoms with Crippen molar-refractivity contribution in [3.8, 4) is 11.4 Å². The maximum Gasteiger partial charge on any atom is 0.471 e. The molecule has 0 bridgehead atoms. The minimum Gasteiger partial charge on any atom is -0.329 e. The Morgan fingerprint density at radius 2 is 1.74 bits per heavy atom. The molecule has 0 aliphatic heterocycles. The number of aromatic nitrogens is 4. The second-order valence-corrected chi connectivity index (χ2v) is 6.07. The second-order valence-electron chi connectivity index (χ2n) is 6.07. The van der Waals surface area contributed by atoms with Crippen LogP contribution < -0.4 is 0 Å². The smallest absolute Gasteiger partial charge is 0.329 e. The van der Waals surface area contributed by atoms with Crippen LogP contribution in [0.1, 0.15) is 24.2 Å². The van der Waals surface area contributed by atoms with Gasteiger partial charge in [-0.2, -0.15) is 18.2 Å². The molecule has 0 unspecified atom stereocenters. The number of hydrogen-bond acceptors (Lipinski definition) is 4. The molecule has 0 saturated carbocycles. The van der Waals surface area contributed by atoms with Gasteiger partial charge >= 0.3 is 12.1 Å². The molecule has 0 spiro atoms. The van der Waals surface area contributed by atoms with Crippen molar-refractivity contribution >= 4 is 11.0 Å². The quantitative estimate of drug-likeness (QED) is 0.520. The molecule has 8 heteroatoms. The van der Waals surface area contributed by atoms with E-state index < -0.39 is 12.1 Å². The van der Waals surface area contributed by atoms with E-state index in [2.05, 4.69) is 31.1 Å². The van der Waals surface area contributed by atoms with Crippen LogP contribution in [0.4, 0.5) is 13.2 Å². The molecular weight excluding hydrogens is 357 g/mol. The van der Waals surface area contributed by atoms with Crippen LogP contribution in [0.3, 0.4) is 0 Å². The largest absolute Gasteiger partial charge is 0.471 e. The van der Waals surface area contributed by atoms with Crippen molar-refractivity contribution in [3.63, 3.8) is 0 Å². The van der Waals surface area contributed by atoms with Crippen LogP contribution >= 0.6 is 0 Å². The lowest BCUT2D eigenvalue weighted by atomic mass is 10.1.